The predicted octanol–water partition coefficient (Wildman–Crippen LogP) is 1.52. The number of aliphatic hydroxyl groups excluding tert-OH is 1. The van der Waals surface area contributed by atoms with Gasteiger partial charge in [0.15, 0.2) is 0 Å². The van der Waals surface area contributed by atoms with Crippen LogP contribution in [0.1, 0.15) is 24.8 Å². The summed E-state index contributed by atoms with van der Waals surface area (Å²) in [4.78, 5) is 2.22. The van der Waals surface area contributed by atoms with Gasteiger partial charge in [-0.15, -0.1) is 11.3 Å². The van der Waals surface area contributed by atoms with Gasteiger partial charge in [-0.25, -0.2) is 8.42 Å². The first-order valence-corrected chi connectivity index (χ1v) is 10.1. The highest BCUT2D eigenvalue weighted by atomic mass is 32.2. The molecule has 2 saturated heterocycles. The van der Waals surface area contributed by atoms with Crippen LogP contribution in [0.15, 0.2) is 15.7 Å². The number of thiophene rings is 1. The lowest BCUT2D eigenvalue weighted by Crippen LogP contribution is -2.62. The molecular formula is C15H24N2O3S2. The van der Waals surface area contributed by atoms with Gasteiger partial charge in [0.25, 0.3) is 10.0 Å². The van der Waals surface area contributed by atoms with E-state index in [-0.39, 0.29) is 18.1 Å². The van der Waals surface area contributed by atoms with Gasteiger partial charge in [-0.05, 0) is 56.8 Å². The number of likely N-dealkylation sites (N-methyl/N-ethyl adjacent to an activating group) is 1. The fourth-order valence-corrected chi connectivity index (χ4v) is 6.71. The molecule has 0 saturated carbocycles. The Morgan fingerprint density at radius 3 is 2.82 bits per heavy atom. The van der Waals surface area contributed by atoms with E-state index in [1.54, 1.807) is 10.4 Å². The van der Waals surface area contributed by atoms with Gasteiger partial charge in [-0.1, -0.05) is 0 Å². The van der Waals surface area contributed by atoms with E-state index in [0.717, 1.165) is 31.4 Å². The van der Waals surface area contributed by atoms with Crippen molar-refractivity contribution in [3.63, 3.8) is 0 Å². The highest BCUT2D eigenvalue weighted by molar-refractivity contribution is 7.91. The molecule has 1 aromatic rings. The van der Waals surface area contributed by atoms with Gasteiger partial charge in [0.05, 0.1) is 6.61 Å². The van der Waals surface area contributed by atoms with Crippen molar-refractivity contribution in [3.05, 3.63) is 17.0 Å². The second kappa shape index (κ2) is 5.87. The van der Waals surface area contributed by atoms with E-state index >= 15 is 0 Å². The van der Waals surface area contributed by atoms with Gasteiger partial charge in [0.1, 0.15) is 4.21 Å². The van der Waals surface area contributed by atoms with Crippen LogP contribution < -0.4 is 0 Å². The fraction of sp³-hybridized carbons (Fsp3) is 0.733. The third kappa shape index (κ3) is 2.63. The molecule has 0 aromatic carbocycles. The fourth-order valence-electron chi connectivity index (χ4n) is 3.88. The standard InChI is InChI=1S/C15H24N2O3S2/c1-12-8-14(21-10-12)22(19,20)17-7-5-15(11-18)4-3-6-16(2)13(15)9-17/h8,10,13,18H,3-7,9,11H2,1-2H3/t13-,15-/m1/s1. The van der Waals surface area contributed by atoms with E-state index < -0.39 is 10.0 Å². The summed E-state index contributed by atoms with van der Waals surface area (Å²) in [6, 6.07) is 1.86. The molecule has 0 bridgehead atoms. The number of piperidine rings is 2. The van der Waals surface area contributed by atoms with Gasteiger partial charge in [0.2, 0.25) is 0 Å². The molecule has 2 fully saturated rings. The van der Waals surface area contributed by atoms with E-state index in [2.05, 4.69) is 4.90 Å². The van der Waals surface area contributed by atoms with Crippen LogP contribution in [0.3, 0.4) is 0 Å². The molecule has 5 nitrogen and oxygen atoms in total. The molecule has 0 amide bonds. The highest BCUT2D eigenvalue weighted by Crippen LogP contribution is 2.42. The van der Waals surface area contributed by atoms with E-state index in [1.807, 2.05) is 19.4 Å². The molecule has 0 spiro atoms. The molecule has 0 unspecified atom stereocenters. The minimum atomic E-state index is -3.41. The quantitative estimate of drug-likeness (QED) is 0.903. The summed E-state index contributed by atoms with van der Waals surface area (Å²) < 4.78 is 27.7. The molecule has 2 atom stereocenters. The zero-order valence-electron chi connectivity index (χ0n) is 13.2. The lowest BCUT2D eigenvalue weighted by Gasteiger charge is -2.53. The SMILES string of the molecule is Cc1csc(S(=O)(=O)N2CC[C@@]3(CO)CCCN(C)[C@@H]3C2)c1. The third-order valence-corrected chi connectivity index (χ3v) is 8.67. The molecule has 22 heavy (non-hydrogen) atoms. The lowest BCUT2D eigenvalue weighted by molar-refractivity contribution is -0.0508. The zero-order valence-corrected chi connectivity index (χ0v) is 14.8. The van der Waals surface area contributed by atoms with E-state index in [0.29, 0.717) is 17.3 Å². The third-order valence-electron chi connectivity index (χ3n) is 5.28. The second-order valence-electron chi connectivity index (χ2n) is 6.68. The van der Waals surface area contributed by atoms with Crippen molar-refractivity contribution < 1.29 is 13.5 Å². The Hall–Kier alpha value is -0.470. The average Bonchev–Trinajstić information content (AvgIpc) is 2.94. The van der Waals surface area contributed by atoms with E-state index in [1.165, 1.54) is 11.3 Å². The summed E-state index contributed by atoms with van der Waals surface area (Å²) in [5.41, 5.74) is 0.852. The van der Waals surface area contributed by atoms with Gasteiger partial charge >= 0.3 is 0 Å². The molecular weight excluding hydrogens is 320 g/mol. The maximum absolute atomic E-state index is 12.8. The summed E-state index contributed by atoms with van der Waals surface area (Å²) >= 11 is 1.29. The smallest absolute Gasteiger partial charge is 0.252 e. The first-order chi connectivity index (χ1) is 10.4. The van der Waals surface area contributed by atoms with Crippen molar-refractivity contribution in [3.8, 4) is 0 Å². The molecule has 2 aliphatic heterocycles. The molecule has 3 heterocycles. The Morgan fingerprint density at radius 1 is 1.41 bits per heavy atom. The number of fused-ring (bicyclic) bond motifs is 1. The van der Waals surface area contributed by atoms with Crippen LogP contribution in [0, 0.1) is 12.3 Å². The summed E-state index contributed by atoms with van der Waals surface area (Å²) in [6.45, 7) is 4.02. The van der Waals surface area contributed by atoms with Crippen LogP contribution in [-0.2, 0) is 10.0 Å². The topological polar surface area (TPSA) is 60.9 Å². The Kier molecular flexibility index (Phi) is 4.37. The number of nitrogens with zero attached hydrogens (tertiary/aromatic N) is 2. The molecule has 3 rings (SSSR count). The molecule has 1 aromatic heterocycles. The number of hydrogen-bond acceptors (Lipinski definition) is 5. The minimum Gasteiger partial charge on any atom is -0.396 e. The van der Waals surface area contributed by atoms with Crippen molar-refractivity contribution in [2.75, 3.05) is 33.3 Å². The predicted molar refractivity (Wildman–Crippen MR) is 87.6 cm³/mol. The van der Waals surface area contributed by atoms with Crippen molar-refractivity contribution in [1.29, 1.82) is 0 Å². The van der Waals surface area contributed by atoms with Crippen LogP contribution >= 0.6 is 11.3 Å². The van der Waals surface area contributed by atoms with Crippen molar-refractivity contribution in [1.82, 2.24) is 9.21 Å². The highest BCUT2D eigenvalue weighted by Gasteiger charge is 2.48. The van der Waals surface area contributed by atoms with Crippen molar-refractivity contribution in [2.24, 2.45) is 5.41 Å². The molecule has 124 valence electrons. The monoisotopic (exact) mass is 344 g/mol. The summed E-state index contributed by atoms with van der Waals surface area (Å²) in [7, 11) is -1.37. The van der Waals surface area contributed by atoms with Gasteiger partial charge in [0, 0.05) is 24.5 Å². The Morgan fingerprint density at radius 2 is 2.18 bits per heavy atom. The van der Waals surface area contributed by atoms with Crippen LogP contribution in [0.4, 0.5) is 0 Å². The summed E-state index contributed by atoms with van der Waals surface area (Å²) in [5.74, 6) is 0. The number of rotatable bonds is 3. The first-order valence-electron chi connectivity index (χ1n) is 7.75. The Balaban J connectivity index is 1.86. The number of aliphatic hydroxyl groups is 1. The van der Waals surface area contributed by atoms with Gasteiger partial charge in [-0.2, -0.15) is 4.31 Å². The summed E-state index contributed by atoms with van der Waals surface area (Å²) in [6.07, 6.45) is 2.80. The van der Waals surface area contributed by atoms with Crippen LogP contribution in [0.5, 0.6) is 0 Å². The normalized spacial score (nSPS) is 31.1. The number of sulfonamides is 1. The maximum Gasteiger partial charge on any atom is 0.252 e. The van der Waals surface area contributed by atoms with E-state index in [4.69, 9.17) is 0 Å². The van der Waals surface area contributed by atoms with Gasteiger partial charge in [-0.3, -0.25) is 0 Å². The van der Waals surface area contributed by atoms with Crippen LogP contribution in [0.2, 0.25) is 0 Å². The zero-order chi connectivity index (χ0) is 16.0. The largest absolute Gasteiger partial charge is 0.396 e. The van der Waals surface area contributed by atoms with Gasteiger partial charge < -0.3 is 10.0 Å². The lowest BCUT2D eigenvalue weighted by atomic mass is 9.69. The molecule has 7 heteroatoms. The van der Waals surface area contributed by atoms with Crippen molar-refractivity contribution in [2.45, 2.75) is 36.4 Å². The van der Waals surface area contributed by atoms with Crippen molar-refractivity contribution >= 4 is 21.4 Å². The average molecular weight is 345 g/mol. The molecule has 0 aliphatic carbocycles. The Labute approximate surface area is 136 Å². The first kappa shape index (κ1) is 16.4. The number of likely N-dealkylation sites (tertiary alicyclic amines) is 1. The molecule has 2 aliphatic rings. The van der Waals surface area contributed by atoms with E-state index in [9.17, 15) is 13.5 Å². The Bertz CT molecular complexity index is 643. The van der Waals surface area contributed by atoms with Crippen LogP contribution in [-0.4, -0.2) is 62.1 Å². The summed E-state index contributed by atoms with van der Waals surface area (Å²) in [5, 5.41) is 11.8. The number of aryl methyl sites for hydroxylation is 1. The number of hydrogen-bond donors (Lipinski definition) is 1. The second-order valence-corrected chi connectivity index (χ2v) is 9.75. The minimum absolute atomic E-state index is 0.107. The molecule has 0 radical (unpaired) electrons. The maximum atomic E-state index is 12.8. The van der Waals surface area contributed by atoms with Crippen LogP contribution in [0.25, 0.3) is 0 Å². The molecule has 1 N–H and O–H groups in total.